The molecule has 1 atom stereocenters. The van der Waals surface area contributed by atoms with Crippen molar-refractivity contribution in [1.82, 2.24) is 4.90 Å². The Morgan fingerprint density at radius 1 is 1.39 bits per heavy atom. The molecule has 4 heteroatoms. The monoisotopic (exact) mass is 311 g/mol. The predicted molar refractivity (Wildman–Crippen MR) is 74.7 cm³/mol. The minimum absolute atomic E-state index is 0.0719. The molecule has 18 heavy (non-hydrogen) atoms. The molecule has 1 unspecified atom stereocenters. The first-order valence-corrected chi connectivity index (χ1v) is 6.88. The highest BCUT2D eigenvalue weighted by Crippen LogP contribution is 2.24. The van der Waals surface area contributed by atoms with Gasteiger partial charge in [0, 0.05) is 16.6 Å². The molecule has 3 nitrogen and oxygen atoms in total. The van der Waals surface area contributed by atoms with Crippen LogP contribution in [0.5, 0.6) is 0 Å². The minimum atomic E-state index is -0.253. The van der Waals surface area contributed by atoms with Crippen LogP contribution >= 0.6 is 15.9 Å². The number of carbonyl (C=O) groups is 1. The molecule has 0 bridgehead atoms. The predicted octanol–water partition coefficient (Wildman–Crippen LogP) is 3.09. The number of benzene rings is 1. The summed E-state index contributed by atoms with van der Waals surface area (Å²) in [5, 5.41) is 0. The van der Waals surface area contributed by atoms with Gasteiger partial charge in [0.25, 0.3) is 5.91 Å². The van der Waals surface area contributed by atoms with Crippen molar-refractivity contribution < 1.29 is 9.53 Å². The van der Waals surface area contributed by atoms with Gasteiger partial charge in [-0.05, 0) is 45.0 Å². The minimum Gasteiger partial charge on any atom is -0.374 e. The fraction of sp³-hybridized carbons (Fsp3) is 0.500. The van der Waals surface area contributed by atoms with Gasteiger partial charge in [-0.1, -0.05) is 15.9 Å². The quantitative estimate of drug-likeness (QED) is 0.797. The van der Waals surface area contributed by atoms with Crippen molar-refractivity contribution >= 4 is 21.8 Å². The Morgan fingerprint density at radius 2 is 2.00 bits per heavy atom. The summed E-state index contributed by atoms with van der Waals surface area (Å²) in [5.74, 6) is 0.0719. The lowest BCUT2D eigenvalue weighted by Crippen LogP contribution is -2.57. The Hall–Kier alpha value is -0.870. The van der Waals surface area contributed by atoms with Gasteiger partial charge in [0.15, 0.2) is 0 Å². The molecule has 98 valence electrons. The number of hydrogen-bond donors (Lipinski definition) is 0. The molecule has 1 aromatic rings. The van der Waals surface area contributed by atoms with E-state index in [0.29, 0.717) is 13.2 Å². The van der Waals surface area contributed by atoms with Crippen LogP contribution < -0.4 is 0 Å². The lowest BCUT2D eigenvalue weighted by Gasteiger charge is -2.44. The molecule has 1 aliphatic heterocycles. The fourth-order valence-electron chi connectivity index (χ4n) is 2.09. The maximum atomic E-state index is 12.5. The summed E-state index contributed by atoms with van der Waals surface area (Å²) in [6, 6.07) is 7.49. The number of morpholine rings is 1. The largest absolute Gasteiger partial charge is 0.374 e. The zero-order valence-corrected chi connectivity index (χ0v) is 12.5. The maximum absolute atomic E-state index is 12.5. The SMILES string of the molecule is CC1CN(C(=O)c2ccc(Br)cc2)C(C)(C)CO1. The number of rotatable bonds is 1. The van der Waals surface area contributed by atoms with Crippen molar-refractivity contribution in [2.45, 2.75) is 32.4 Å². The van der Waals surface area contributed by atoms with Crippen LogP contribution in [-0.2, 0) is 4.74 Å². The van der Waals surface area contributed by atoms with Crippen molar-refractivity contribution in [1.29, 1.82) is 0 Å². The summed E-state index contributed by atoms with van der Waals surface area (Å²) in [7, 11) is 0. The van der Waals surface area contributed by atoms with Gasteiger partial charge in [-0.25, -0.2) is 0 Å². The van der Waals surface area contributed by atoms with Gasteiger partial charge >= 0.3 is 0 Å². The summed E-state index contributed by atoms with van der Waals surface area (Å²) >= 11 is 3.38. The van der Waals surface area contributed by atoms with E-state index in [-0.39, 0.29) is 17.6 Å². The Morgan fingerprint density at radius 3 is 2.61 bits per heavy atom. The van der Waals surface area contributed by atoms with Crippen molar-refractivity contribution in [3.63, 3.8) is 0 Å². The van der Waals surface area contributed by atoms with Crippen molar-refractivity contribution in [2.75, 3.05) is 13.2 Å². The van der Waals surface area contributed by atoms with E-state index in [1.807, 2.05) is 49.9 Å². The Balaban J connectivity index is 2.23. The Bertz CT molecular complexity index is 442. The number of hydrogen-bond acceptors (Lipinski definition) is 2. The molecule has 2 rings (SSSR count). The summed E-state index contributed by atoms with van der Waals surface area (Å²) < 4.78 is 6.61. The van der Waals surface area contributed by atoms with Gasteiger partial charge in [-0.2, -0.15) is 0 Å². The number of carbonyl (C=O) groups excluding carboxylic acids is 1. The highest BCUT2D eigenvalue weighted by Gasteiger charge is 2.36. The number of amides is 1. The van der Waals surface area contributed by atoms with Crippen molar-refractivity contribution in [2.24, 2.45) is 0 Å². The van der Waals surface area contributed by atoms with E-state index in [2.05, 4.69) is 15.9 Å². The van der Waals surface area contributed by atoms with Gasteiger partial charge < -0.3 is 9.64 Å². The van der Waals surface area contributed by atoms with E-state index >= 15 is 0 Å². The van der Waals surface area contributed by atoms with E-state index in [9.17, 15) is 4.79 Å². The molecule has 1 amide bonds. The van der Waals surface area contributed by atoms with E-state index in [0.717, 1.165) is 10.0 Å². The Kier molecular flexibility index (Phi) is 3.78. The second-order valence-corrected chi connectivity index (χ2v) is 6.27. The van der Waals surface area contributed by atoms with Crippen LogP contribution in [0.1, 0.15) is 31.1 Å². The van der Waals surface area contributed by atoms with Crippen LogP contribution in [-0.4, -0.2) is 35.6 Å². The first-order valence-electron chi connectivity index (χ1n) is 6.09. The van der Waals surface area contributed by atoms with E-state index in [1.165, 1.54) is 0 Å². The second kappa shape index (κ2) is 5.02. The van der Waals surface area contributed by atoms with Crippen LogP contribution in [0.3, 0.4) is 0 Å². The molecular formula is C14H18BrNO2. The van der Waals surface area contributed by atoms with Crippen LogP contribution in [0, 0.1) is 0 Å². The molecule has 0 aliphatic carbocycles. The molecule has 0 spiro atoms. The van der Waals surface area contributed by atoms with E-state index < -0.39 is 0 Å². The van der Waals surface area contributed by atoms with Crippen LogP contribution in [0.2, 0.25) is 0 Å². The highest BCUT2D eigenvalue weighted by atomic mass is 79.9. The third-order valence-corrected chi connectivity index (χ3v) is 3.76. The first kappa shape index (κ1) is 13.6. The second-order valence-electron chi connectivity index (χ2n) is 5.36. The van der Waals surface area contributed by atoms with Gasteiger partial charge in [0.1, 0.15) is 0 Å². The number of ether oxygens (including phenoxy) is 1. The third-order valence-electron chi connectivity index (χ3n) is 3.23. The first-order chi connectivity index (χ1) is 8.40. The van der Waals surface area contributed by atoms with Crippen molar-refractivity contribution in [3.05, 3.63) is 34.3 Å². The topological polar surface area (TPSA) is 29.5 Å². The van der Waals surface area contributed by atoms with E-state index in [1.54, 1.807) is 0 Å². The summed E-state index contributed by atoms with van der Waals surface area (Å²) in [4.78, 5) is 14.4. The number of halogens is 1. The molecular weight excluding hydrogens is 294 g/mol. The zero-order chi connectivity index (χ0) is 13.3. The standard InChI is InChI=1S/C14H18BrNO2/c1-10-8-16(14(2,3)9-18-10)13(17)11-4-6-12(15)7-5-11/h4-7,10H,8-9H2,1-3H3. The molecule has 1 saturated heterocycles. The molecule has 0 saturated carbocycles. The maximum Gasteiger partial charge on any atom is 0.254 e. The lowest BCUT2D eigenvalue weighted by atomic mass is 9.99. The van der Waals surface area contributed by atoms with Crippen LogP contribution in [0.25, 0.3) is 0 Å². The average Bonchev–Trinajstić information content (AvgIpc) is 2.32. The van der Waals surface area contributed by atoms with Gasteiger partial charge in [-0.3, -0.25) is 4.79 Å². The van der Waals surface area contributed by atoms with Crippen molar-refractivity contribution in [3.8, 4) is 0 Å². The highest BCUT2D eigenvalue weighted by molar-refractivity contribution is 9.10. The van der Waals surface area contributed by atoms with Gasteiger partial charge in [-0.15, -0.1) is 0 Å². The zero-order valence-electron chi connectivity index (χ0n) is 10.9. The van der Waals surface area contributed by atoms with Crippen LogP contribution in [0.15, 0.2) is 28.7 Å². The summed E-state index contributed by atoms with van der Waals surface area (Å²) in [6.07, 6.45) is 0.0948. The lowest BCUT2D eigenvalue weighted by molar-refractivity contribution is -0.0755. The molecule has 1 heterocycles. The Labute approximate surface area is 116 Å². The molecule has 0 radical (unpaired) electrons. The van der Waals surface area contributed by atoms with Gasteiger partial charge in [0.2, 0.25) is 0 Å². The van der Waals surface area contributed by atoms with Gasteiger partial charge in [0.05, 0.1) is 18.2 Å². The normalized spacial score (nSPS) is 22.9. The van der Waals surface area contributed by atoms with E-state index in [4.69, 9.17) is 4.74 Å². The van der Waals surface area contributed by atoms with Crippen LogP contribution in [0.4, 0.5) is 0 Å². The molecule has 1 aromatic carbocycles. The molecule has 1 fully saturated rings. The third kappa shape index (κ3) is 2.75. The smallest absolute Gasteiger partial charge is 0.254 e. The molecule has 0 N–H and O–H groups in total. The summed E-state index contributed by atoms with van der Waals surface area (Å²) in [5.41, 5.74) is 0.469. The molecule has 0 aromatic heterocycles. The number of nitrogens with zero attached hydrogens (tertiary/aromatic N) is 1. The fourth-order valence-corrected chi connectivity index (χ4v) is 2.35. The molecule has 1 aliphatic rings. The average molecular weight is 312 g/mol. The summed E-state index contributed by atoms with van der Waals surface area (Å²) in [6.45, 7) is 7.29.